The standard InChI is InChI=1S/C6H9Cl3Si/c1-5(4-7)2-3-10-6(8)9/h2,6H,3-4H2,1H3/b5-2-. The van der Waals surface area contributed by atoms with Crippen molar-refractivity contribution in [1.29, 1.82) is 0 Å². The fraction of sp³-hybridized carbons (Fsp3) is 0.667. The normalized spacial score (nSPS) is 12.7. The van der Waals surface area contributed by atoms with Gasteiger partial charge >= 0.3 is 0 Å². The minimum absolute atomic E-state index is 0.223. The molecule has 0 unspecified atom stereocenters. The predicted octanol–water partition coefficient (Wildman–Crippen LogP) is 3.06. The third kappa shape index (κ3) is 6.94. The first-order valence-electron chi connectivity index (χ1n) is 2.90. The Morgan fingerprint density at radius 1 is 1.60 bits per heavy atom. The Hall–Kier alpha value is 0.827. The van der Waals surface area contributed by atoms with E-state index in [4.69, 9.17) is 34.8 Å². The molecule has 0 N–H and O–H groups in total. The third-order valence-corrected chi connectivity index (χ3v) is 3.03. The van der Waals surface area contributed by atoms with Gasteiger partial charge in [0, 0.05) is 5.88 Å². The molecule has 0 heterocycles. The van der Waals surface area contributed by atoms with Crippen LogP contribution in [0.25, 0.3) is 0 Å². The summed E-state index contributed by atoms with van der Waals surface area (Å²) in [5, 5.41) is 0. The van der Waals surface area contributed by atoms with Gasteiger partial charge in [0.05, 0.1) is 14.0 Å². The quantitative estimate of drug-likeness (QED) is 0.384. The molecule has 0 aliphatic rings. The molecule has 10 heavy (non-hydrogen) atoms. The van der Waals surface area contributed by atoms with E-state index >= 15 is 0 Å². The molecule has 4 heteroatoms. The average Bonchev–Trinajstić information content (AvgIpc) is 1.87. The first-order chi connectivity index (χ1) is 4.66. The SMILES string of the molecule is C/C(=C/C[Si]C(Cl)Cl)CCl. The van der Waals surface area contributed by atoms with Crippen LogP contribution in [0.4, 0.5) is 0 Å². The topological polar surface area (TPSA) is 0 Å². The molecule has 0 bridgehead atoms. The van der Waals surface area contributed by atoms with E-state index in [-0.39, 0.29) is 4.46 Å². The molecule has 58 valence electrons. The number of alkyl halides is 3. The Balaban J connectivity index is 3.34. The molecule has 0 saturated heterocycles. The van der Waals surface area contributed by atoms with Crippen molar-refractivity contribution in [3.63, 3.8) is 0 Å². The highest BCUT2D eigenvalue weighted by molar-refractivity contribution is 6.68. The minimum Gasteiger partial charge on any atom is -0.122 e. The lowest BCUT2D eigenvalue weighted by Gasteiger charge is -1.95. The van der Waals surface area contributed by atoms with E-state index in [1.807, 2.05) is 6.92 Å². The molecule has 0 fully saturated rings. The summed E-state index contributed by atoms with van der Waals surface area (Å²) in [6, 6.07) is 0.941. The Morgan fingerprint density at radius 3 is 2.60 bits per heavy atom. The number of hydrogen-bond donors (Lipinski definition) is 0. The molecule has 0 saturated carbocycles. The van der Waals surface area contributed by atoms with E-state index in [0.717, 1.165) is 6.04 Å². The fourth-order valence-corrected chi connectivity index (χ4v) is 1.66. The van der Waals surface area contributed by atoms with Gasteiger partial charge in [-0.15, -0.1) is 34.8 Å². The molecule has 0 aliphatic carbocycles. The van der Waals surface area contributed by atoms with Crippen molar-refractivity contribution in [2.75, 3.05) is 5.88 Å². The second kappa shape index (κ2) is 6.53. The molecule has 0 atom stereocenters. The molecule has 0 spiro atoms. The Morgan fingerprint density at radius 2 is 2.20 bits per heavy atom. The summed E-state index contributed by atoms with van der Waals surface area (Å²) in [7, 11) is 0.580. The van der Waals surface area contributed by atoms with E-state index in [1.165, 1.54) is 5.57 Å². The van der Waals surface area contributed by atoms with Crippen molar-refractivity contribution in [1.82, 2.24) is 0 Å². The number of rotatable bonds is 4. The molecule has 2 radical (unpaired) electrons. The summed E-state index contributed by atoms with van der Waals surface area (Å²) >= 11 is 16.6. The predicted molar refractivity (Wildman–Crippen MR) is 50.5 cm³/mol. The molecule has 0 rings (SSSR count). The lowest BCUT2D eigenvalue weighted by atomic mass is 10.3. The number of halogens is 3. The smallest absolute Gasteiger partial charge is 0.0932 e. The maximum atomic E-state index is 5.54. The molecular weight excluding hydrogens is 207 g/mol. The van der Waals surface area contributed by atoms with Crippen LogP contribution in [0.3, 0.4) is 0 Å². The van der Waals surface area contributed by atoms with Crippen LogP contribution in [0.15, 0.2) is 11.6 Å². The highest BCUT2D eigenvalue weighted by Crippen LogP contribution is 2.04. The lowest BCUT2D eigenvalue weighted by molar-refractivity contribution is 1.36. The minimum atomic E-state index is -0.223. The summed E-state index contributed by atoms with van der Waals surface area (Å²) in [6.07, 6.45) is 2.07. The van der Waals surface area contributed by atoms with E-state index in [9.17, 15) is 0 Å². The van der Waals surface area contributed by atoms with Gasteiger partial charge in [0.15, 0.2) is 0 Å². The second-order valence-corrected chi connectivity index (χ2v) is 5.38. The average molecular weight is 216 g/mol. The molecule has 0 aromatic heterocycles. The van der Waals surface area contributed by atoms with Gasteiger partial charge in [-0.3, -0.25) is 0 Å². The van der Waals surface area contributed by atoms with Crippen molar-refractivity contribution in [3.05, 3.63) is 11.6 Å². The molecule has 0 aromatic rings. The summed E-state index contributed by atoms with van der Waals surface area (Å²) in [5.74, 6) is 0.597. The van der Waals surface area contributed by atoms with Crippen LogP contribution < -0.4 is 0 Å². The number of hydrogen-bond acceptors (Lipinski definition) is 0. The zero-order valence-corrected chi connectivity index (χ0v) is 8.97. The summed E-state index contributed by atoms with van der Waals surface area (Å²) in [5.41, 5.74) is 1.18. The highest BCUT2D eigenvalue weighted by Gasteiger charge is 1.97. The summed E-state index contributed by atoms with van der Waals surface area (Å²) in [6.45, 7) is 1.99. The van der Waals surface area contributed by atoms with Gasteiger partial charge in [0.2, 0.25) is 0 Å². The first-order valence-corrected chi connectivity index (χ1v) is 5.59. The summed E-state index contributed by atoms with van der Waals surface area (Å²) in [4.78, 5) is 0. The molecular formula is C6H9Cl3Si. The number of allylic oxidation sites excluding steroid dienone is 2. The van der Waals surface area contributed by atoms with Crippen molar-refractivity contribution in [2.24, 2.45) is 0 Å². The van der Waals surface area contributed by atoms with Crippen LogP contribution >= 0.6 is 34.8 Å². The van der Waals surface area contributed by atoms with Crippen LogP contribution in [0.2, 0.25) is 6.04 Å². The van der Waals surface area contributed by atoms with E-state index in [1.54, 1.807) is 0 Å². The third-order valence-electron chi connectivity index (χ3n) is 0.933. The first kappa shape index (κ1) is 10.8. The van der Waals surface area contributed by atoms with E-state index < -0.39 is 0 Å². The molecule has 0 aromatic carbocycles. The van der Waals surface area contributed by atoms with Gasteiger partial charge in [0.1, 0.15) is 0 Å². The monoisotopic (exact) mass is 214 g/mol. The maximum absolute atomic E-state index is 5.54. The molecule has 0 amide bonds. The van der Waals surface area contributed by atoms with Crippen LogP contribution in [-0.2, 0) is 0 Å². The van der Waals surface area contributed by atoms with Crippen LogP contribution in [0.5, 0.6) is 0 Å². The zero-order valence-electron chi connectivity index (χ0n) is 5.70. The Bertz CT molecular complexity index is 112. The maximum Gasteiger partial charge on any atom is 0.0932 e. The van der Waals surface area contributed by atoms with Gasteiger partial charge < -0.3 is 0 Å². The van der Waals surface area contributed by atoms with Crippen LogP contribution in [-0.4, -0.2) is 19.9 Å². The fourth-order valence-electron chi connectivity index (χ4n) is 0.377. The Labute approximate surface area is 79.4 Å². The van der Waals surface area contributed by atoms with E-state index in [0.29, 0.717) is 15.4 Å². The highest BCUT2D eigenvalue weighted by atomic mass is 35.5. The largest absolute Gasteiger partial charge is 0.122 e. The van der Waals surface area contributed by atoms with E-state index in [2.05, 4.69) is 6.08 Å². The van der Waals surface area contributed by atoms with Gasteiger partial charge in [0.25, 0.3) is 0 Å². The van der Waals surface area contributed by atoms with Crippen molar-refractivity contribution >= 4 is 44.3 Å². The zero-order chi connectivity index (χ0) is 7.98. The van der Waals surface area contributed by atoms with Gasteiger partial charge in [-0.25, -0.2) is 0 Å². The van der Waals surface area contributed by atoms with Crippen molar-refractivity contribution in [3.8, 4) is 0 Å². The van der Waals surface area contributed by atoms with Gasteiger partial charge in [-0.05, 0) is 13.0 Å². The van der Waals surface area contributed by atoms with Gasteiger partial charge in [-0.2, -0.15) is 0 Å². The second-order valence-electron chi connectivity index (χ2n) is 1.89. The van der Waals surface area contributed by atoms with Crippen LogP contribution in [0.1, 0.15) is 6.92 Å². The van der Waals surface area contributed by atoms with Crippen molar-refractivity contribution in [2.45, 2.75) is 17.4 Å². The van der Waals surface area contributed by atoms with Crippen molar-refractivity contribution < 1.29 is 0 Å². The van der Waals surface area contributed by atoms with Gasteiger partial charge in [-0.1, -0.05) is 11.6 Å². The lowest BCUT2D eigenvalue weighted by Crippen LogP contribution is -1.98. The summed E-state index contributed by atoms with van der Waals surface area (Å²) < 4.78 is -0.223. The van der Waals surface area contributed by atoms with Crippen LogP contribution in [0, 0.1) is 0 Å². The Kier molecular flexibility index (Phi) is 7.07. The molecule has 0 aliphatic heterocycles. The molecule has 0 nitrogen and oxygen atoms in total.